The molecule has 0 radical (unpaired) electrons. The molecule has 4 nitrogen and oxygen atoms in total. The molecule has 4 aromatic rings. The maximum Gasteiger partial charge on any atom is 0.203 e. The number of fused-ring (bicyclic) bond motifs is 2. The SMILES string of the molecule is Cc1cccc2nc(-c3coc4ccc(C(C)C)cc4c3=O)[nH]c12. The van der Waals surface area contributed by atoms with Crippen LogP contribution < -0.4 is 5.43 Å². The summed E-state index contributed by atoms with van der Waals surface area (Å²) < 4.78 is 5.68. The Bertz CT molecular complexity index is 1120. The molecule has 0 spiro atoms. The molecule has 1 N–H and O–H groups in total. The number of imidazole rings is 1. The Hall–Kier alpha value is -2.88. The fraction of sp³-hybridized carbons (Fsp3) is 0.200. The van der Waals surface area contributed by atoms with Crippen LogP contribution >= 0.6 is 0 Å². The number of para-hydroxylation sites is 1. The summed E-state index contributed by atoms with van der Waals surface area (Å²) in [6.07, 6.45) is 1.49. The lowest BCUT2D eigenvalue weighted by molar-refractivity contribution is 0.603. The van der Waals surface area contributed by atoms with Gasteiger partial charge in [-0.3, -0.25) is 4.79 Å². The van der Waals surface area contributed by atoms with Gasteiger partial charge >= 0.3 is 0 Å². The largest absolute Gasteiger partial charge is 0.463 e. The lowest BCUT2D eigenvalue weighted by Gasteiger charge is -2.06. The number of hydrogen-bond acceptors (Lipinski definition) is 3. The summed E-state index contributed by atoms with van der Waals surface area (Å²) in [5.41, 5.74) is 5.00. The third-order valence-electron chi connectivity index (χ3n) is 4.44. The first-order chi connectivity index (χ1) is 11.5. The van der Waals surface area contributed by atoms with Crippen molar-refractivity contribution in [2.45, 2.75) is 26.7 Å². The standard InChI is InChI=1S/C20H18N2O2/c1-11(2)13-7-8-17-14(9-13)19(23)15(10-24-17)20-21-16-6-4-5-12(3)18(16)22-20/h4-11H,1-3H3,(H,21,22). The molecule has 4 rings (SSSR count). The highest BCUT2D eigenvalue weighted by Crippen LogP contribution is 2.24. The number of nitrogens with one attached hydrogen (secondary N) is 1. The van der Waals surface area contributed by atoms with Crippen molar-refractivity contribution in [1.29, 1.82) is 0 Å². The van der Waals surface area contributed by atoms with Gasteiger partial charge < -0.3 is 9.40 Å². The van der Waals surface area contributed by atoms with E-state index in [1.54, 1.807) is 0 Å². The molecule has 0 bridgehead atoms. The minimum atomic E-state index is -0.0598. The Balaban J connectivity index is 1.97. The van der Waals surface area contributed by atoms with Crippen LogP contribution in [0.2, 0.25) is 0 Å². The Morgan fingerprint density at radius 1 is 1.17 bits per heavy atom. The molecule has 0 fully saturated rings. The van der Waals surface area contributed by atoms with Crippen LogP contribution in [0.15, 0.2) is 51.9 Å². The van der Waals surface area contributed by atoms with Gasteiger partial charge in [0.2, 0.25) is 5.43 Å². The van der Waals surface area contributed by atoms with Gasteiger partial charge in [0, 0.05) is 0 Å². The summed E-state index contributed by atoms with van der Waals surface area (Å²) in [5.74, 6) is 0.899. The Morgan fingerprint density at radius 3 is 2.75 bits per heavy atom. The van der Waals surface area contributed by atoms with Crippen molar-refractivity contribution in [3.05, 3.63) is 64.0 Å². The Labute approximate surface area is 139 Å². The van der Waals surface area contributed by atoms with Crippen LogP contribution in [0.25, 0.3) is 33.4 Å². The second-order valence-corrected chi connectivity index (χ2v) is 6.44. The van der Waals surface area contributed by atoms with E-state index >= 15 is 0 Å². The second kappa shape index (κ2) is 5.34. The van der Waals surface area contributed by atoms with Gasteiger partial charge in [0.05, 0.1) is 16.4 Å². The number of hydrogen-bond donors (Lipinski definition) is 1. The topological polar surface area (TPSA) is 58.9 Å². The van der Waals surface area contributed by atoms with Gasteiger partial charge in [-0.2, -0.15) is 0 Å². The van der Waals surface area contributed by atoms with E-state index in [1.165, 1.54) is 6.26 Å². The van der Waals surface area contributed by atoms with Gasteiger partial charge in [-0.25, -0.2) is 4.98 Å². The molecule has 0 atom stereocenters. The van der Waals surface area contributed by atoms with Crippen LogP contribution in [0.5, 0.6) is 0 Å². The van der Waals surface area contributed by atoms with E-state index in [0.29, 0.717) is 28.3 Å². The van der Waals surface area contributed by atoms with Crippen molar-refractivity contribution < 1.29 is 4.42 Å². The molecular formula is C20H18N2O2. The third-order valence-corrected chi connectivity index (χ3v) is 4.44. The molecule has 120 valence electrons. The van der Waals surface area contributed by atoms with E-state index in [0.717, 1.165) is 22.2 Å². The van der Waals surface area contributed by atoms with Crippen LogP contribution in [0.1, 0.15) is 30.9 Å². The normalized spacial score (nSPS) is 11.7. The van der Waals surface area contributed by atoms with Crippen molar-refractivity contribution in [3.8, 4) is 11.4 Å². The number of benzene rings is 2. The Morgan fingerprint density at radius 2 is 2.00 bits per heavy atom. The quantitative estimate of drug-likeness (QED) is 0.579. The zero-order valence-corrected chi connectivity index (χ0v) is 13.9. The molecule has 0 aliphatic carbocycles. The van der Waals surface area contributed by atoms with Gasteiger partial charge in [-0.15, -0.1) is 0 Å². The molecule has 0 aliphatic rings. The number of rotatable bonds is 2. The molecule has 0 saturated carbocycles. The summed E-state index contributed by atoms with van der Waals surface area (Å²) in [5, 5.41) is 0.593. The highest BCUT2D eigenvalue weighted by Gasteiger charge is 2.14. The maximum absolute atomic E-state index is 12.9. The molecule has 24 heavy (non-hydrogen) atoms. The molecule has 0 amide bonds. The van der Waals surface area contributed by atoms with Crippen molar-refractivity contribution in [2.24, 2.45) is 0 Å². The highest BCUT2D eigenvalue weighted by molar-refractivity contribution is 5.85. The fourth-order valence-electron chi connectivity index (χ4n) is 2.97. The van der Waals surface area contributed by atoms with Crippen LogP contribution in [0.3, 0.4) is 0 Å². The molecule has 0 saturated heterocycles. The van der Waals surface area contributed by atoms with Crippen molar-refractivity contribution in [1.82, 2.24) is 9.97 Å². The first kappa shape index (κ1) is 14.7. The van der Waals surface area contributed by atoms with E-state index in [9.17, 15) is 4.79 Å². The van der Waals surface area contributed by atoms with Crippen molar-refractivity contribution >= 4 is 22.0 Å². The summed E-state index contributed by atoms with van der Waals surface area (Å²) in [7, 11) is 0. The summed E-state index contributed by atoms with van der Waals surface area (Å²) >= 11 is 0. The molecule has 0 aliphatic heterocycles. The number of aryl methyl sites for hydroxylation is 1. The molecule has 4 heteroatoms. The number of H-pyrrole nitrogens is 1. The zero-order chi connectivity index (χ0) is 16.8. The van der Waals surface area contributed by atoms with Gasteiger partial charge in [0.15, 0.2) is 0 Å². The van der Waals surface area contributed by atoms with Gasteiger partial charge in [0.25, 0.3) is 0 Å². The number of nitrogens with zero attached hydrogens (tertiary/aromatic N) is 1. The third kappa shape index (κ3) is 2.22. The minimum absolute atomic E-state index is 0.0598. The van der Waals surface area contributed by atoms with Gasteiger partial charge in [-0.05, 0) is 42.2 Å². The van der Waals surface area contributed by atoms with E-state index < -0.39 is 0 Å². The first-order valence-electron chi connectivity index (χ1n) is 8.06. The number of aromatic nitrogens is 2. The smallest absolute Gasteiger partial charge is 0.203 e. The minimum Gasteiger partial charge on any atom is -0.463 e. The number of aromatic amines is 1. The first-order valence-corrected chi connectivity index (χ1v) is 8.06. The van der Waals surface area contributed by atoms with Crippen LogP contribution in [0, 0.1) is 6.92 Å². The molecular weight excluding hydrogens is 300 g/mol. The van der Waals surface area contributed by atoms with E-state index in [4.69, 9.17) is 4.42 Å². The molecule has 0 unspecified atom stereocenters. The van der Waals surface area contributed by atoms with E-state index in [1.807, 2.05) is 43.3 Å². The van der Waals surface area contributed by atoms with Gasteiger partial charge in [-0.1, -0.05) is 32.0 Å². The van der Waals surface area contributed by atoms with Crippen LogP contribution in [0.4, 0.5) is 0 Å². The van der Waals surface area contributed by atoms with Crippen LogP contribution in [-0.4, -0.2) is 9.97 Å². The summed E-state index contributed by atoms with van der Waals surface area (Å²) in [6, 6.07) is 11.7. The fourth-order valence-corrected chi connectivity index (χ4v) is 2.97. The van der Waals surface area contributed by atoms with Crippen molar-refractivity contribution in [3.63, 3.8) is 0 Å². The summed E-state index contributed by atoms with van der Waals surface area (Å²) in [6.45, 7) is 6.23. The molecule has 2 aromatic heterocycles. The van der Waals surface area contributed by atoms with E-state index in [-0.39, 0.29) is 5.43 Å². The highest BCUT2D eigenvalue weighted by atomic mass is 16.3. The van der Waals surface area contributed by atoms with Crippen molar-refractivity contribution in [2.75, 3.05) is 0 Å². The summed E-state index contributed by atoms with van der Waals surface area (Å²) in [4.78, 5) is 20.8. The average molecular weight is 318 g/mol. The molecule has 2 heterocycles. The van der Waals surface area contributed by atoms with Gasteiger partial charge in [0.1, 0.15) is 23.2 Å². The predicted molar refractivity (Wildman–Crippen MR) is 96.4 cm³/mol. The monoisotopic (exact) mass is 318 g/mol. The second-order valence-electron chi connectivity index (χ2n) is 6.44. The molecule has 2 aromatic carbocycles. The predicted octanol–water partition coefficient (Wildman–Crippen LogP) is 4.77. The lowest BCUT2D eigenvalue weighted by atomic mass is 10.0. The maximum atomic E-state index is 12.9. The Kier molecular flexibility index (Phi) is 3.27. The van der Waals surface area contributed by atoms with E-state index in [2.05, 4.69) is 23.8 Å². The van der Waals surface area contributed by atoms with Crippen LogP contribution in [-0.2, 0) is 0 Å². The lowest BCUT2D eigenvalue weighted by Crippen LogP contribution is -2.06. The zero-order valence-electron chi connectivity index (χ0n) is 13.9. The average Bonchev–Trinajstić information content (AvgIpc) is 3.00.